The molecule has 0 radical (unpaired) electrons. The number of carbonyl (C=O) groups is 2. The van der Waals surface area contributed by atoms with E-state index in [9.17, 15) is 9.59 Å². The first-order chi connectivity index (χ1) is 10.6. The number of hydrogen-bond donors (Lipinski definition) is 1. The molecule has 0 fully saturated rings. The van der Waals surface area contributed by atoms with Gasteiger partial charge >= 0.3 is 5.97 Å². The predicted octanol–water partition coefficient (Wildman–Crippen LogP) is 2.63. The Morgan fingerprint density at radius 2 is 2.05 bits per heavy atom. The third-order valence-electron chi connectivity index (χ3n) is 4.01. The molecule has 1 aromatic rings. The minimum absolute atomic E-state index is 0.0457. The van der Waals surface area contributed by atoms with E-state index in [2.05, 4.69) is 11.4 Å². The molecule has 1 amide bonds. The zero-order valence-corrected chi connectivity index (χ0v) is 13.2. The van der Waals surface area contributed by atoms with Crippen molar-refractivity contribution in [1.82, 2.24) is 5.32 Å². The summed E-state index contributed by atoms with van der Waals surface area (Å²) in [5.74, 6) is -0.620. The molecule has 0 heterocycles. The van der Waals surface area contributed by atoms with Crippen molar-refractivity contribution in [1.29, 1.82) is 0 Å². The van der Waals surface area contributed by atoms with Crippen LogP contribution in [0.1, 0.15) is 32.3 Å². The van der Waals surface area contributed by atoms with E-state index in [-0.39, 0.29) is 17.8 Å². The van der Waals surface area contributed by atoms with Crippen molar-refractivity contribution in [2.75, 3.05) is 6.61 Å². The SMILES string of the molecule is CCOC(=O)C(Cc1ccccc1)(NC(C)=O)C1C=CCC1. The maximum Gasteiger partial charge on any atom is 0.332 e. The first-order valence-corrected chi connectivity index (χ1v) is 7.75. The van der Waals surface area contributed by atoms with Gasteiger partial charge in [-0.1, -0.05) is 42.5 Å². The second kappa shape index (κ2) is 7.25. The number of ether oxygens (including phenoxy) is 1. The highest BCUT2D eigenvalue weighted by Gasteiger charge is 2.47. The summed E-state index contributed by atoms with van der Waals surface area (Å²) in [6.07, 6.45) is 6.27. The molecule has 0 aromatic heterocycles. The van der Waals surface area contributed by atoms with Crippen molar-refractivity contribution < 1.29 is 14.3 Å². The summed E-state index contributed by atoms with van der Waals surface area (Å²) in [7, 11) is 0. The lowest BCUT2D eigenvalue weighted by Gasteiger charge is -2.36. The zero-order chi connectivity index (χ0) is 16.0. The summed E-state index contributed by atoms with van der Waals surface area (Å²) in [6.45, 7) is 3.52. The van der Waals surface area contributed by atoms with E-state index in [1.807, 2.05) is 36.4 Å². The molecule has 0 aliphatic heterocycles. The zero-order valence-electron chi connectivity index (χ0n) is 13.2. The van der Waals surface area contributed by atoms with Crippen molar-refractivity contribution in [3.05, 3.63) is 48.0 Å². The summed E-state index contributed by atoms with van der Waals surface area (Å²) in [5.41, 5.74) is -0.0273. The largest absolute Gasteiger partial charge is 0.464 e. The number of benzene rings is 1. The van der Waals surface area contributed by atoms with Crippen LogP contribution >= 0.6 is 0 Å². The molecule has 1 aliphatic carbocycles. The van der Waals surface area contributed by atoms with Gasteiger partial charge in [-0.2, -0.15) is 0 Å². The van der Waals surface area contributed by atoms with Gasteiger partial charge in [0.2, 0.25) is 5.91 Å². The molecule has 1 aliphatic rings. The first kappa shape index (κ1) is 16.3. The lowest BCUT2D eigenvalue weighted by atomic mass is 9.78. The lowest BCUT2D eigenvalue weighted by molar-refractivity contribution is -0.155. The number of allylic oxidation sites excluding steroid dienone is 1. The van der Waals surface area contributed by atoms with E-state index in [0.717, 1.165) is 18.4 Å². The highest BCUT2D eigenvalue weighted by molar-refractivity contribution is 5.88. The molecule has 0 bridgehead atoms. The summed E-state index contributed by atoms with van der Waals surface area (Å²) in [6, 6.07) is 9.74. The first-order valence-electron chi connectivity index (χ1n) is 7.75. The molecule has 2 rings (SSSR count). The molecule has 4 nitrogen and oxygen atoms in total. The van der Waals surface area contributed by atoms with Crippen LogP contribution in [0.2, 0.25) is 0 Å². The molecule has 1 N–H and O–H groups in total. The van der Waals surface area contributed by atoms with Crippen LogP contribution in [-0.4, -0.2) is 24.0 Å². The van der Waals surface area contributed by atoms with E-state index < -0.39 is 5.54 Å². The summed E-state index contributed by atoms with van der Waals surface area (Å²) in [5, 5.41) is 2.90. The second-order valence-corrected chi connectivity index (χ2v) is 5.65. The number of hydrogen-bond acceptors (Lipinski definition) is 3. The fourth-order valence-corrected chi connectivity index (χ4v) is 3.08. The van der Waals surface area contributed by atoms with E-state index in [1.54, 1.807) is 6.92 Å². The fourth-order valence-electron chi connectivity index (χ4n) is 3.08. The molecule has 4 heteroatoms. The topological polar surface area (TPSA) is 55.4 Å². The van der Waals surface area contributed by atoms with Crippen LogP contribution in [0.25, 0.3) is 0 Å². The average Bonchev–Trinajstić information content (AvgIpc) is 3.02. The minimum Gasteiger partial charge on any atom is -0.464 e. The lowest BCUT2D eigenvalue weighted by Crippen LogP contribution is -2.60. The number of amides is 1. The van der Waals surface area contributed by atoms with Gasteiger partial charge in [0.15, 0.2) is 0 Å². The molecule has 2 atom stereocenters. The molecular weight excluding hydrogens is 278 g/mol. The van der Waals surface area contributed by atoms with Gasteiger partial charge in [-0.3, -0.25) is 4.79 Å². The van der Waals surface area contributed by atoms with Crippen molar-refractivity contribution in [3.8, 4) is 0 Å². The standard InChI is InChI=1S/C18H23NO3/c1-3-22-17(21)18(19-14(2)20,16-11-7-8-12-16)13-15-9-5-4-6-10-15/h4-7,9-11,16H,3,8,12-13H2,1-2H3,(H,19,20). The van der Waals surface area contributed by atoms with Gasteiger partial charge in [-0.05, 0) is 25.3 Å². The van der Waals surface area contributed by atoms with Crippen LogP contribution in [0, 0.1) is 5.92 Å². The molecule has 1 aromatic carbocycles. The minimum atomic E-state index is -1.03. The quantitative estimate of drug-likeness (QED) is 0.649. The van der Waals surface area contributed by atoms with Gasteiger partial charge in [0.1, 0.15) is 5.54 Å². The Hall–Kier alpha value is -2.10. The Balaban J connectivity index is 2.40. The molecule has 22 heavy (non-hydrogen) atoms. The van der Waals surface area contributed by atoms with Gasteiger partial charge in [-0.15, -0.1) is 0 Å². The van der Waals surface area contributed by atoms with E-state index in [1.165, 1.54) is 6.92 Å². The fraction of sp³-hybridized carbons (Fsp3) is 0.444. The van der Waals surface area contributed by atoms with Gasteiger partial charge in [0.05, 0.1) is 6.61 Å². The normalized spacial score (nSPS) is 19.5. The van der Waals surface area contributed by atoms with Gasteiger partial charge in [-0.25, -0.2) is 4.79 Å². The van der Waals surface area contributed by atoms with Crippen molar-refractivity contribution in [2.45, 2.75) is 38.6 Å². The number of rotatable bonds is 6. The van der Waals surface area contributed by atoms with Crippen LogP contribution in [-0.2, 0) is 20.7 Å². The molecule has 2 unspecified atom stereocenters. The Labute approximate surface area is 131 Å². The predicted molar refractivity (Wildman–Crippen MR) is 85.2 cm³/mol. The highest BCUT2D eigenvalue weighted by Crippen LogP contribution is 2.33. The Bertz CT molecular complexity index is 553. The number of nitrogens with one attached hydrogen (secondary N) is 1. The maximum absolute atomic E-state index is 12.7. The maximum atomic E-state index is 12.7. The third-order valence-corrected chi connectivity index (χ3v) is 4.01. The van der Waals surface area contributed by atoms with Crippen LogP contribution in [0.3, 0.4) is 0 Å². The molecule has 0 spiro atoms. The van der Waals surface area contributed by atoms with E-state index >= 15 is 0 Å². The smallest absolute Gasteiger partial charge is 0.332 e. The van der Waals surface area contributed by atoms with Crippen molar-refractivity contribution >= 4 is 11.9 Å². The molecule has 118 valence electrons. The monoisotopic (exact) mass is 301 g/mol. The Kier molecular flexibility index (Phi) is 5.36. The Morgan fingerprint density at radius 3 is 2.59 bits per heavy atom. The van der Waals surface area contributed by atoms with Crippen LogP contribution in [0.5, 0.6) is 0 Å². The van der Waals surface area contributed by atoms with Crippen LogP contribution in [0.15, 0.2) is 42.5 Å². The average molecular weight is 301 g/mol. The van der Waals surface area contributed by atoms with Gasteiger partial charge in [0.25, 0.3) is 0 Å². The number of carbonyl (C=O) groups excluding carboxylic acids is 2. The molecule has 0 saturated carbocycles. The number of esters is 1. The van der Waals surface area contributed by atoms with Crippen molar-refractivity contribution in [2.24, 2.45) is 5.92 Å². The Morgan fingerprint density at radius 1 is 1.32 bits per heavy atom. The van der Waals surface area contributed by atoms with Gasteiger partial charge < -0.3 is 10.1 Å². The summed E-state index contributed by atoms with van der Waals surface area (Å²) >= 11 is 0. The van der Waals surface area contributed by atoms with Gasteiger partial charge in [0, 0.05) is 19.3 Å². The van der Waals surface area contributed by atoms with Crippen LogP contribution < -0.4 is 5.32 Å². The van der Waals surface area contributed by atoms with Crippen LogP contribution in [0.4, 0.5) is 0 Å². The second-order valence-electron chi connectivity index (χ2n) is 5.65. The highest BCUT2D eigenvalue weighted by atomic mass is 16.5. The van der Waals surface area contributed by atoms with Crippen molar-refractivity contribution in [3.63, 3.8) is 0 Å². The molecular formula is C18H23NO3. The molecule has 0 saturated heterocycles. The van der Waals surface area contributed by atoms with E-state index in [0.29, 0.717) is 13.0 Å². The summed E-state index contributed by atoms with van der Waals surface area (Å²) in [4.78, 5) is 24.5. The third kappa shape index (κ3) is 3.56. The van der Waals surface area contributed by atoms with E-state index in [4.69, 9.17) is 4.74 Å². The summed E-state index contributed by atoms with van der Waals surface area (Å²) < 4.78 is 5.31.